The molecule has 0 atom stereocenters. The molecule has 0 fully saturated rings. The first-order chi connectivity index (χ1) is 14.4. The molecule has 0 unspecified atom stereocenters. The Morgan fingerprint density at radius 3 is 2.57 bits per heavy atom. The average Bonchev–Trinajstić information content (AvgIpc) is 3.03. The minimum Gasteiger partial charge on any atom is -0.497 e. The minimum absolute atomic E-state index is 0.240. The first-order valence-electron chi connectivity index (χ1n) is 9.49. The molecule has 0 bridgehead atoms. The van der Waals surface area contributed by atoms with Crippen LogP contribution in [0.3, 0.4) is 0 Å². The third kappa shape index (κ3) is 4.00. The number of rotatable bonds is 5. The fraction of sp³-hybridized carbons (Fsp3) is 0.174. The standard InChI is InChI=1S/C23H21ClN4O2/c1-14-20(27-23(29)17-5-4-6-18(24)11-17)12-21-22(25-14)28(15(2)26-21)13-16-7-9-19(30-3)10-8-16/h4-12H,13H2,1-3H3,(H,27,29). The summed E-state index contributed by atoms with van der Waals surface area (Å²) in [5.41, 5.74) is 4.46. The molecular weight excluding hydrogens is 400 g/mol. The molecular formula is C23H21ClN4O2. The van der Waals surface area contributed by atoms with Crippen molar-refractivity contribution in [3.05, 3.63) is 82.3 Å². The second-order valence-corrected chi connectivity index (χ2v) is 7.46. The van der Waals surface area contributed by atoms with Crippen molar-refractivity contribution >= 4 is 34.4 Å². The largest absolute Gasteiger partial charge is 0.497 e. The fourth-order valence-electron chi connectivity index (χ4n) is 3.30. The average molecular weight is 421 g/mol. The van der Waals surface area contributed by atoms with Gasteiger partial charge in [-0.1, -0.05) is 29.8 Å². The molecule has 4 rings (SSSR count). The lowest BCUT2D eigenvalue weighted by atomic mass is 10.2. The normalized spacial score (nSPS) is 10.9. The Labute approximate surface area is 179 Å². The fourth-order valence-corrected chi connectivity index (χ4v) is 3.49. The van der Waals surface area contributed by atoms with Crippen LogP contribution in [-0.4, -0.2) is 27.6 Å². The summed E-state index contributed by atoms with van der Waals surface area (Å²) in [7, 11) is 1.65. The predicted octanol–water partition coefficient (Wildman–Crippen LogP) is 5.01. The van der Waals surface area contributed by atoms with E-state index in [1.165, 1.54) is 0 Å². The number of halogens is 1. The number of hydrogen-bond acceptors (Lipinski definition) is 4. The maximum absolute atomic E-state index is 12.6. The number of fused-ring (bicyclic) bond motifs is 1. The second-order valence-electron chi connectivity index (χ2n) is 7.02. The number of hydrogen-bond donors (Lipinski definition) is 1. The van der Waals surface area contributed by atoms with Gasteiger partial charge in [-0.3, -0.25) is 4.79 Å². The van der Waals surface area contributed by atoms with Gasteiger partial charge in [0.25, 0.3) is 5.91 Å². The molecule has 2 aromatic carbocycles. The summed E-state index contributed by atoms with van der Waals surface area (Å²) >= 11 is 5.99. The number of ether oxygens (including phenoxy) is 1. The molecule has 0 saturated carbocycles. The highest BCUT2D eigenvalue weighted by Gasteiger charge is 2.15. The number of methoxy groups -OCH3 is 1. The second kappa shape index (κ2) is 8.16. The quantitative estimate of drug-likeness (QED) is 0.492. The number of aromatic nitrogens is 3. The molecule has 0 aliphatic heterocycles. The topological polar surface area (TPSA) is 69.0 Å². The number of pyridine rings is 1. The van der Waals surface area contributed by atoms with E-state index in [0.717, 1.165) is 28.3 Å². The Morgan fingerprint density at radius 1 is 1.10 bits per heavy atom. The van der Waals surface area contributed by atoms with Crippen molar-refractivity contribution < 1.29 is 9.53 Å². The Hall–Kier alpha value is -3.38. The van der Waals surface area contributed by atoms with Gasteiger partial charge in [0, 0.05) is 10.6 Å². The molecule has 0 spiro atoms. The number of aryl methyl sites for hydroxylation is 2. The first-order valence-corrected chi connectivity index (χ1v) is 9.86. The van der Waals surface area contributed by atoms with Crippen LogP contribution in [0.5, 0.6) is 5.75 Å². The van der Waals surface area contributed by atoms with Crippen molar-refractivity contribution in [3.63, 3.8) is 0 Å². The third-order valence-corrected chi connectivity index (χ3v) is 5.17. The van der Waals surface area contributed by atoms with Crippen LogP contribution in [-0.2, 0) is 6.54 Å². The Balaban J connectivity index is 1.63. The number of nitrogens with one attached hydrogen (secondary N) is 1. The number of benzene rings is 2. The zero-order chi connectivity index (χ0) is 21.3. The van der Waals surface area contributed by atoms with Crippen molar-refractivity contribution in [1.29, 1.82) is 0 Å². The molecule has 1 N–H and O–H groups in total. The Bertz CT molecular complexity index is 1230. The van der Waals surface area contributed by atoms with Gasteiger partial charge in [0.05, 0.1) is 25.0 Å². The molecule has 2 heterocycles. The van der Waals surface area contributed by atoms with Gasteiger partial charge in [-0.15, -0.1) is 0 Å². The summed E-state index contributed by atoms with van der Waals surface area (Å²) in [5, 5.41) is 3.43. The molecule has 152 valence electrons. The zero-order valence-corrected chi connectivity index (χ0v) is 17.7. The van der Waals surface area contributed by atoms with E-state index in [0.29, 0.717) is 28.5 Å². The maximum atomic E-state index is 12.6. The number of imidazole rings is 1. The monoisotopic (exact) mass is 420 g/mol. The number of carbonyl (C=O) groups is 1. The van der Waals surface area contributed by atoms with Crippen LogP contribution < -0.4 is 10.1 Å². The SMILES string of the molecule is COc1ccc(Cn2c(C)nc3cc(NC(=O)c4cccc(Cl)c4)c(C)nc32)cc1. The van der Waals surface area contributed by atoms with Crippen molar-refractivity contribution in [2.24, 2.45) is 0 Å². The van der Waals surface area contributed by atoms with Crippen molar-refractivity contribution in [1.82, 2.24) is 14.5 Å². The highest BCUT2D eigenvalue weighted by atomic mass is 35.5. The highest BCUT2D eigenvalue weighted by Crippen LogP contribution is 2.24. The van der Waals surface area contributed by atoms with Crippen LogP contribution in [0.15, 0.2) is 54.6 Å². The van der Waals surface area contributed by atoms with Crippen LogP contribution in [0.1, 0.15) is 27.4 Å². The van der Waals surface area contributed by atoms with Crippen molar-refractivity contribution in [2.75, 3.05) is 12.4 Å². The van der Waals surface area contributed by atoms with E-state index in [1.54, 1.807) is 31.4 Å². The minimum atomic E-state index is -0.240. The van der Waals surface area contributed by atoms with Crippen LogP contribution >= 0.6 is 11.6 Å². The molecule has 2 aromatic heterocycles. The number of amides is 1. The molecule has 0 aliphatic rings. The van der Waals surface area contributed by atoms with Gasteiger partial charge in [-0.05, 0) is 55.8 Å². The van der Waals surface area contributed by atoms with Crippen LogP contribution in [0.4, 0.5) is 5.69 Å². The third-order valence-electron chi connectivity index (χ3n) is 4.94. The van der Waals surface area contributed by atoms with Gasteiger partial charge in [0.15, 0.2) is 5.65 Å². The maximum Gasteiger partial charge on any atom is 0.255 e. The van der Waals surface area contributed by atoms with Gasteiger partial charge >= 0.3 is 0 Å². The molecule has 0 aliphatic carbocycles. The van der Waals surface area contributed by atoms with E-state index in [1.807, 2.05) is 44.2 Å². The predicted molar refractivity (Wildman–Crippen MR) is 119 cm³/mol. The summed E-state index contributed by atoms with van der Waals surface area (Å²) in [6.45, 7) is 4.46. The van der Waals surface area contributed by atoms with E-state index in [4.69, 9.17) is 21.3 Å². The molecule has 6 nitrogen and oxygen atoms in total. The molecule has 0 radical (unpaired) electrons. The van der Waals surface area contributed by atoms with Gasteiger partial charge in [0.1, 0.15) is 17.1 Å². The van der Waals surface area contributed by atoms with Crippen LogP contribution in [0.25, 0.3) is 11.2 Å². The molecule has 0 saturated heterocycles. The van der Waals surface area contributed by atoms with Gasteiger partial charge in [0.2, 0.25) is 0 Å². The lowest BCUT2D eigenvalue weighted by molar-refractivity contribution is 0.102. The number of carbonyl (C=O) groups excluding carboxylic acids is 1. The van der Waals surface area contributed by atoms with E-state index < -0.39 is 0 Å². The van der Waals surface area contributed by atoms with Crippen molar-refractivity contribution in [2.45, 2.75) is 20.4 Å². The molecule has 1 amide bonds. The van der Waals surface area contributed by atoms with E-state index in [2.05, 4.69) is 14.9 Å². The van der Waals surface area contributed by atoms with E-state index in [9.17, 15) is 4.79 Å². The summed E-state index contributed by atoms with van der Waals surface area (Å²) in [5.74, 6) is 1.43. The van der Waals surface area contributed by atoms with Gasteiger partial charge in [-0.25, -0.2) is 9.97 Å². The van der Waals surface area contributed by atoms with Crippen LogP contribution in [0.2, 0.25) is 5.02 Å². The van der Waals surface area contributed by atoms with Gasteiger partial charge in [-0.2, -0.15) is 0 Å². The van der Waals surface area contributed by atoms with Gasteiger partial charge < -0.3 is 14.6 Å². The lowest BCUT2D eigenvalue weighted by Gasteiger charge is -2.10. The highest BCUT2D eigenvalue weighted by molar-refractivity contribution is 6.31. The summed E-state index contributed by atoms with van der Waals surface area (Å²) in [6, 6.07) is 16.6. The van der Waals surface area contributed by atoms with E-state index >= 15 is 0 Å². The summed E-state index contributed by atoms with van der Waals surface area (Å²) < 4.78 is 7.29. The van der Waals surface area contributed by atoms with Crippen molar-refractivity contribution in [3.8, 4) is 5.75 Å². The summed E-state index contributed by atoms with van der Waals surface area (Å²) in [6.07, 6.45) is 0. The first kappa shape index (κ1) is 19.9. The van der Waals surface area contributed by atoms with Crippen LogP contribution in [0, 0.1) is 13.8 Å². The Kier molecular flexibility index (Phi) is 5.42. The molecule has 4 aromatic rings. The lowest BCUT2D eigenvalue weighted by Crippen LogP contribution is -2.13. The Morgan fingerprint density at radius 2 is 1.87 bits per heavy atom. The summed E-state index contributed by atoms with van der Waals surface area (Å²) in [4.78, 5) is 22.0. The smallest absolute Gasteiger partial charge is 0.255 e. The molecule has 7 heteroatoms. The van der Waals surface area contributed by atoms with E-state index in [-0.39, 0.29) is 5.91 Å². The number of anilines is 1. The molecule has 30 heavy (non-hydrogen) atoms. The number of nitrogens with zero attached hydrogens (tertiary/aromatic N) is 3. The zero-order valence-electron chi connectivity index (χ0n) is 16.9.